The highest BCUT2D eigenvalue weighted by Crippen LogP contribution is 2.33. The highest BCUT2D eigenvalue weighted by atomic mass is 32.2. The predicted molar refractivity (Wildman–Crippen MR) is 135 cm³/mol. The molecular weight excluding hydrogens is 501 g/mol. The molecule has 1 aliphatic heterocycles. The summed E-state index contributed by atoms with van der Waals surface area (Å²) in [7, 11) is -2.51. The first-order valence-corrected chi connectivity index (χ1v) is 13.7. The van der Waals surface area contributed by atoms with E-state index >= 15 is 0 Å². The van der Waals surface area contributed by atoms with E-state index in [2.05, 4.69) is 5.32 Å². The molecule has 0 saturated heterocycles. The van der Waals surface area contributed by atoms with Crippen LogP contribution in [0.25, 0.3) is 0 Å². The highest BCUT2D eigenvalue weighted by molar-refractivity contribution is 7.89. The molecule has 3 atom stereocenters. The van der Waals surface area contributed by atoms with Gasteiger partial charge in [0, 0.05) is 31.1 Å². The molecule has 2 aromatic rings. The Hall–Kier alpha value is -3.02. The van der Waals surface area contributed by atoms with Crippen molar-refractivity contribution in [3.63, 3.8) is 0 Å². The van der Waals surface area contributed by atoms with Gasteiger partial charge < -0.3 is 20.1 Å². The van der Waals surface area contributed by atoms with E-state index in [0.717, 1.165) is 29.3 Å². The van der Waals surface area contributed by atoms with Crippen molar-refractivity contribution in [2.45, 2.75) is 43.7 Å². The minimum atomic E-state index is -3.93. The van der Waals surface area contributed by atoms with Crippen LogP contribution in [0.4, 0.5) is 10.1 Å². The minimum absolute atomic E-state index is 0.0105. The number of anilines is 1. The molecule has 2 amide bonds. The summed E-state index contributed by atoms with van der Waals surface area (Å²) in [6.07, 6.45) is 1.04. The SMILES string of the molecule is C[C@H](CO)N1C[C@H](C)[C@@H](CN(C)S(=O)(=O)c2ccc(F)cc2)Oc2ccc(NC(=O)C3CC3)cc2C1=O. The molecule has 37 heavy (non-hydrogen) atoms. The molecule has 0 aromatic heterocycles. The Labute approximate surface area is 216 Å². The van der Waals surface area contributed by atoms with E-state index in [1.807, 2.05) is 6.92 Å². The highest BCUT2D eigenvalue weighted by Gasteiger charge is 2.36. The molecule has 9 nitrogen and oxygen atoms in total. The lowest BCUT2D eigenvalue weighted by atomic mass is 9.99. The van der Waals surface area contributed by atoms with Crippen LogP contribution in [-0.2, 0) is 14.8 Å². The number of amides is 2. The van der Waals surface area contributed by atoms with Crippen LogP contribution in [0.5, 0.6) is 5.75 Å². The van der Waals surface area contributed by atoms with E-state index in [1.54, 1.807) is 30.0 Å². The van der Waals surface area contributed by atoms with Crippen molar-refractivity contribution in [1.82, 2.24) is 9.21 Å². The fourth-order valence-corrected chi connectivity index (χ4v) is 5.43. The number of carbonyl (C=O) groups excluding carboxylic acids is 2. The standard InChI is InChI=1S/C26H32FN3O6S/c1-16-13-30(17(2)15-31)26(33)22-12-20(28-25(32)18-4-5-18)8-11-23(22)36-24(16)14-29(3)37(34,35)21-9-6-19(27)7-10-21/h6-12,16-18,24,31H,4-5,13-15H2,1-3H3,(H,28,32)/t16-,17+,24+/m0/s1. The van der Waals surface area contributed by atoms with Crippen LogP contribution < -0.4 is 10.1 Å². The van der Waals surface area contributed by atoms with Crippen molar-refractivity contribution in [2.75, 3.05) is 32.1 Å². The maximum atomic E-state index is 13.5. The third-order valence-corrected chi connectivity index (χ3v) is 8.68. The molecule has 2 aromatic carbocycles. The van der Waals surface area contributed by atoms with Crippen LogP contribution in [0.15, 0.2) is 47.4 Å². The van der Waals surface area contributed by atoms with Crippen molar-refractivity contribution >= 4 is 27.5 Å². The third kappa shape index (κ3) is 5.94. The summed E-state index contributed by atoms with van der Waals surface area (Å²) in [5.74, 6) is -1.04. The van der Waals surface area contributed by atoms with Gasteiger partial charge in [-0.1, -0.05) is 6.92 Å². The maximum absolute atomic E-state index is 13.5. The lowest BCUT2D eigenvalue weighted by Gasteiger charge is -2.38. The smallest absolute Gasteiger partial charge is 0.258 e. The Morgan fingerprint density at radius 3 is 2.54 bits per heavy atom. The van der Waals surface area contributed by atoms with Gasteiger partial charge in [-0.3, -0.25) is 9.59 Å². The summed E-state index contributed by atoms with van der Waals surface area (Å²) >= 11 is 0. The number of fused-ring (bicyclic) bond motifs is 1. The number of likely N-dealkylation sites (N-methyl/N-ethyl adjacent to an activating group) is 1. The zero-order valence-electron chi connectivity index (χ0n) is 21.1. The molecule has 11 heteroatoms. The number of sulfonamides is 1. The van der Waals surface area contributed by atoms with Crippen molar-refractivity contribution in [3.8, 4) is 5.75 Å². The zero-order chi connectivity index (χ0) is 26.9. The van der Waals surface area contributed by atoms with E-state index in [1.165, 1.54) is 19.2 Å². The Kier molecular flexibility index (Phi) is 7.86. The number of ether oxygens (including phenoxy) is 1. The lowest BCUT2D eigenvalue weighted by Crippen LogP contribution is -2.50. The van der Waals surface area contributed by atoms with Crippen LogP contribution in [0.1, 0.15) is 37.0 Å². The minimum Gasteiger partial charge on any atom is -0.488 e. The van der Waals surface area contributed by atoms with Crippen molar-refractivity contribution in [1.29, 1.82) is 0 Å². The van der Waals surface area contributed by atoms with Crippen LogP contribution >= 0.6 is 0 Å². The van der Waals surface area contributed by atoms with Crippen LogP contribution in [0, 0.1) is 17.7 Å². The predicted octanol–water partition coefficient (Wildman–Crippen LogP) is 2.72. The van der Waals surface area contributed by atoms with Gasteiger partial charge in [-0.05, 0) is 62.2 Å². The Morgan fingerprint density at radius 1 is 1.24 bits per heavy atom. The zero-order valence-corrected chi connectivity index (χ0v) is 21.9. The summed E-state index contributed by atoms with van der Waals surface area (Å²) in [6, 6.07) is 8.90. The number of nitrogens with zero attached hydrogens (tertiary/aromatic N) is 2. The van der Waals surface area contributed by atoms with Crippen molar-refractivity contribution < 1.29 is 32.2 Å². The van der Waals surface area contributed by atoms with E-state index in [-0.39, 0.29) is 59.6 Å². The fraction of sp³-hybridized carbons (Fsp3) is 0.462. The number of rotatable bonds is 8. The number of nitrogens with one attached hydrogen (secondary N) is 1. The molecule has 1 fully saturated rings. The van der Waals surface area contributed by atoms with Crippen LogP contribution in [0.2, 0.25) is 0 Å². The van der Waals surface area contributed by atoms with Crippen LogP contribution in [0.3, 0.4) is 0 Å². The molecule has 2 N–H and O–H groups in total. The van der Waals surface area contributed by atoms with Crippen molar-refractivity contribution in [2.24, 2.45) is 11.8 Å². The third-order valence-electron chi connectivity index (χ3n) is 6.84. The normalized spacial score (nSPS) is 21.0. The molecule has 0 unspecified atom stereocenters. The maximum Gasteiger partial charge on any atom is 0.258 e. The summed E-state index contributed by atoms with van der Waals surface area (Å²) in [6.45, 7) is 3.51. The monoisotopic (exact) mass is 533 g/mol. The first-order valence-electron chi connectivity index (χ1n) is 12.3. The number of hydrogen-bond acceptors (Lipinski definition) is 6. The number of halogens is 1. The van der Waals surface area contributed by atoms with E-state index < -0.39 is 28.0 Å². The molecule has 200 valence electrons. The quantitative estimate of drug-likeness (QED) is 0.539. The van der Waals surface area contributed by atoms with Gasteiger partial charge in [0.1, 0.15) is 17.7 Å². The van der Waals surface area contributed by atoms with E-state index in [9.17, 15) is 27.5 Å². The Balaban J connectivity index is 1.64. The summed E-state index contributed by atoms with van der Waals surface area (Å²) in [4.78, 5) is 27.3. The lowest BCUT2D eigenvalue weighted by molar-refractivity contribution is -0.117. The van der Waals surface area contributed by atoms with Gasteiger partial charge in [-0.25, -0.2) is 12.8 Å². The first kappa shape index (κ1) is 27.0. The molecule has 0 radical (unpaired) electrons. The van der Waals surface area contributed by atoms with E-state index in [0.29, 0.717) is 5.69 Å². The summed E-state index contributed by atoms with van der Waals surface area (Å²) < 4.78 is 46.9. The van der Waals surface area contributed by atoms with Gasteiger partial charge in [-0.15, -0.1) is 0 Å². The number of hydrogen-bond donors (Lipinski definition) is 2. The molecule has 1 heterocycles. The first-order chi connectivity index (χ1) is 17.5. The van der Waals surface area contributed by atoms with Gasteiger partial charge in [-0.2, -0.15) is 4.31 Å². The number of aliphatic hydroxyl groups excluding tert-OH is 1. The van der Waals surface area contributed by atoms with Crippen molar-refractivity contribution in [3.05, 3.63) is 53.8 Å². The Morgan fingerprint density at radius 2 is 1.92 bits per heavy atom. The van der Waals surface area contributed by atoms with Gasteiger partial charge in [0.2, 0.25) is 15.9 Å². The molecule has 0 spiro atoms. The topological polar surface area (TPSA) is 116 Å². The van der Waals surface area contributed by atoms with E-state index in [4.69, 9.17) is 4.74 Å². The molecular formula is C26H32FN3O6S. The number of aliphatic hydroxyl groups is 1. The average Bonchev–Trinajstić information content (AvgIpc) is 3.72. The second kappa shape index (κ2) is 10.8. The Bertz CT molecular complexity index is 1270. The van der Waals surface area contributed by atoms with Gasteiger partial charge in [0.15, 0.2) is 0 Å². The van der Waals surface area contributed by atoms with Gasteiger partial charge >= 0.3 is 0 Å². The average molecular weight is 534 g/mol. The summed E-state index contributed by atoms with van der Waals surface area (Å²) in [5.41, 5.74) is 0.681. The largest absolute Gasteiger partial charge is 0.488 e. The molecule has 4 rings (SSSR count). The van der Waals surface area contributed by atoms with Gasteiger partial charge in [0.05, 0.1) is 29.7 Å². The molecule has 1 saturated carbocycles. The second-order valence-corrected chi connectivity index (χ2v) is 11.9. The fourth-order valence-electron chi connectivity index (χ4n) is 4.25. The van der Waals surface area contributed by atoms with Crippen LogP contribution in [-0.4, -0.2) is 73.4 Å². The molecule has 0 bridgehead atoms. The van der Waals surface area contributed by atoms with Gasteiger partial charge in [0.25, 0.3) is 5.91 Å². The summed E-state index contributed by atoms with van der Waals surface area (Å²) in [5, 5.41) is 12.6. The number of benzene rings is 2. The number of carbonyl (C=O) groups is 2. The molecule has 2 aliphatic rings. The second-order valence-electron chi connectivity index (χ2n) is 9.84. The molecule has 1 aliphatic carbocycles.